The molecule has 1 saturated heterocycles. The van der Waals surface area contributed by atoms with E-state index in [0.717, 1.165) is 30.0 Å². The lowest BCUT2D eigenvalue weighted by Crippen LogP contribution is -2.30. The van der Waals surface area contributed by atoms with E-state index in [0.29, 0.717) is 6.54 Å². The summed E-state index contributed by atoms with van der Waals surface area (Å²) < 4.78 is 0. The second-order valence-corrected chi connectivity index (χ2v) is 7.32. The van der Waals surface area contributed by atoms with Gasteiger partial charge in [0.25, 0.3) is 0 Å². The second-order valence-electron chi connectivity index (χ2n) is 7.32. The number of aryl methyl sites for hydroxylation is 2. The van der Waals surface area contributed by atoms with Gasteiger partial charge in [0.1, 0.15) is 0 Å². The normalized spacial score (nSPS) is 13.8. The Kier molecular flexibility index (Phi) is 5.50. The molecule has 0 atom stereocenters. The molecule has 0 aliphatic carbocycles. The number of amides is 1. The van der Waals surface area contributed by atoms with Crippen LogP contribution in [0, 0.1) is 20.8 Å². The van der Waals surface area contributed by atoms with Crippen LogP contribution in [0.1, 0.15) is 29.5 Å². The van der Waals surface area contributed by atoms with Crippen LogP contribution in [0.2, 0.25) is 0 Å². The van der Waals surface area contributed by atoms with Gasteiger partial charge in [-0.1, -0.05) is 12.1 Å². The third kappa shape index (κ3) is 4.01. The second kappa shape index (κ2) is 7.81. The topological polar surface area (TPSA) is 35.6 Å². The molecule has 0 spiro atoms. The van der Waals surface area contributed by atoms with Crippen molar-refractivity contribution in [2.75, 3.05) is 41.8 Å². The van der Waals surface area contributed by atoms with Crippen molar-refractivity contribution in [2.45, 2.75) is 33.6 Å². The highest BCUT2D eigenvalue weighted by Gasteiger charge is 2.15. The van der Waals surface area contributed by atoms with Gasteiger partial charge in [-0.2, -0.15) is 0 Å². The molecular formula is C22H29N3O. The van der Waals surface area contributed by atoms with Crippen LogP contribution in [0.4, 0.5) is 17.1 Å². The van der Waals surface area contributed by atoms with E-state index in [9.17, 15) is 4.79 Å². The maximum atomic E-state index is 12.5. The molecular weight excluding hydrogens is 322 g/mol. The molecule has 3 rings (SSSR count). The molecule has 0 unspecified atom stereocenters. The minimum absolute atomic E-state index is 0.00503. The minimum Gasteiger partial charge on any atom is -0.372 e. The molecule has 4 heteroatoms. The van der Waals surface area contributed by atoms with Crippen molar-refractivity contribution in [3.05, 3.63) is 53.1 Å². The summed E-state index contributed by atoms with van der Waals surface area (Å²) in [5, 5.41) is 3.06. The quantitative estimate of drug-likeness (QED) is 0.873. The Morgan fingerprint density at radius 1 is 1.08 bits per heavy atom. The summed E-state index contributed by atoms with van der Waals surface area (Å²) in [6.45, 7) is 8.84. The first-order chi connectivity index (χ1) is 12.5. The van der Waals surface area contributed by atoms with Gasteiger partial charge in [-0.25, -0.2) is 0 Å². The number of anilines is 3. The number of carbonyl (C=O) groups excluding carboxylic acids is 1. The van der Waals surface area contributed by atoms with Crippen LogP contribution in [0.3, 0.4) is 0 Å². The Balaban J connectivity index is 1.65. The maximum Gasteiger partial charge on any atom is 0.243 e. The number of nitrogens with zero attached hydrogens (tertiary/aromatic N) is 2. The Labute approximate surface area is 156 Å². The molecule has 0 bridgehead atoms. The van der Waals surface area contributed by atoms with Crippen LogP contribution in [0.5, 0.6) is 0 Å². The summed E-state index contributed by atoms with van der Waals surface area (Å²) in [4.78, 5) is 16.9. The van der Waals surface area contributed by atoms with E-state index in [1.807, 2.05) is 24.1 Å². The zero-order valence-corrected chi connectivity index (χ0v) is 16.3. The molecule has 1 fully saturated rings. The van der Waals surface area contributed by atoms with E-state index in [1.165, 1.54) is 29.7 Å². The number of rotatable bonds is 5. The lowest BCUT2D eigenvalue weighted by atomic mass is 10.1. The number of benzene rings is 2. The Hall–Kier alpha value is -2.49. The highest BCUT2D eigenvalue weighted by atomic mass is 16.2. The van der Waals surface area contributed by atoms with Gasteiger partial charge >= 0.3 is 0 Å². The van der Waals surface area contributed by atoms with Gasteiger partial charge in [0, 0.05) is 37.2 Å². The molecule has 1 heterocycles. The third-order valence-electron chi connectivity index (χ3n) is 5.32. The zero-order valence-electron chi connectivity index (χ0n) is 16.3. The fourth-order valence-corrected chi connectivity index (χ4v) is 3.60. The van der Waals surface area contributed by atoms with Crippen molar-refractivity contribution >= 4 is 23.0 Å². The molecule has 2 aromatic carbocycles. The van der Waals surface area contributed by atoms with Crippen LogP contribution < -0.4 is 15.1 Å². The lowest BCUT2D eigenvalue weighted by Gasteiger charge is -2.23. The average molecular weight is 351 g/mol. The molecule has 1 N–H and O–H groups in total. The third-order valence-corrected chi connectivity index (χ3v) is 5.32. The van der Waals surface area contributed by atoms with Crippen molar-refractivity contribution in [3.63, 3.8) is 0 Å². The standard InChI is InChI=1S/C22H29N3O/c1-16-8-7-9-21(18(16)3)24(4)15-22(26)23-20-11-10-19(14-17(20)2)25-12-5-6-13-25/h7-11,14H,5-6,12-13,15H2,1-4H3,(H,23,26). The number of nitrogens with one attached hydrogen (secondary N) is 1. The molecule has 1 aliphatic rings. The molecule has 0 saturated carbocycles. The van der Waals surface area contributed by atoms with Crippen molar-refractivity contribution in [2.24, 2.45) is 0 Å². The van der Waals surface area contributed by atoms with E-state index in [4.69, 9.17) is 0 Å². The van der Waals surface area contributed by atoms with E-state index in [2.05, 4.69) is 55.3 Å². The predicted molar refractivity (Wildman–Crippen MR) is 110 cm³/mol. The number of carbonyl (C=O) groups is 1. The van der Waals surface area contributed by atoms with Crippen LogP contribution >= 0.6 is 0 Å². The first-order valence-electron chi connectivity index (χ1n) is 9.38. The van der Waals surface area contributed by atoms with Crippen molar-refractivity contribution in [3.8, 4) is 0 Å². The summed E-state index contributed by atoms with van der Waals surface area (Å²) in [5.41, 5.74) is 6.81. The molecule has 1 amide bonds. The first-order valence-corrected chi connectivity index (χ1v) is 9.38. The van der Waals surface area contributed by atoms with Crippen molar-refractivity contribution < 1.29 is 4.79 Å². The molecule has 138 valence electrons. The Morgan fingerprint density at radius 2 is 1.81 bits per heavy atom. The summed E-state index contributed by atoms with van der Waals surface area (Å²) in [6, 6.07) is 12.5. The van der Waals surface area contributed by atoms with Crippen LogP contribution in [0.25, 0.3) is 0 Å². The van der Waals surface area contributed by atoms with E-state index in [1.54, 1.807) is 0 Å². The number of hydrogen-bond donors (Lipinski definition) is 1. The molecule has 0 aromatic heterocycles. The van der Waals surface area contributed by atoms with Gasteiger partial charge in [-0.3, -0.25) is 4.79 Å². The molecule has 4 nitrogen and oxygen atoms in total. The average Bonchev–Trinajstić information content (AvgIpc) is 3.13. The van der Waals surface area contributed by atoms with Gasteiger partial charge in [-0.05, 0) is 74.6 Å². The zero-order chi connectivity index (χ0) is 18.7. The SMILES string of the molecule is Cc1cc(N2CCCC2)ccc1NC(=O)CN(C)c1cccc(C)c1C. The summed E-state index contributed by atoms with van der Waals surface area (Å²) in [5.74, 6) is 0.00503. The lowest BCUT2D eigenvalue weighted by molar-refractivity contribution is -0.114. The van der Waals surface area contributed by atoms with Gasteiger partial charge in [0.05, 0.1) is 6.54 Å². The van der Waals surface area contributed by atoms with Crippen LogP contribution in [-0.2, 0) is 4.79 Å². The van der Waals surface area contributed by atoms with E-state index >= 15 is 0 Å². The maximum absolute atomic E-state index is 12.5. The Morgan fingerprint density at radius 3 is 2.50 bits per heavy atom. The van der Waals surface area contributed by atoms with Crippen molar-refractivity contribution in [1.29, 1.82) is 0 Å². The summed E-state index contributed by atoms with van der Waals surface area (Å²) in [7, 11) is 1.96. The fraction of sp³-hybridized carbons (Fsp3) is 0.409. The van der Waals surface area contributed by atoms with Crippen LogP contribution in [-0.4, -0.2) is 32.6 Å². The van der Waals surface area contributed by atoms with Gasteiger partial charge in [-0.15, -0.1) is 0 Å². The van der Waals surface area contributed by atoms with Gasteiger partial charge in [0.15, 0.2) is 0 Å². The molecule has 26 heavy (non-hydrogen) atoms. The largest absolute Gasteiger partial charge is 0.372 e. The highest BCUT2D eigenvalue weighted by molar-refractivity contribution is 5.95. The van der Waals surface area contributed by atoms with E-state index < -0.39 is 0 Å². The predicted octanol–water partition coefficient (Wildman–Crippen LogP) is 4.29. The molecule has 0 radical (unpaired) electrons. The van der Waals surface area contributed by atoms with E-state index in [-0.39, 0.29) is 5.91 Å². The Bertz CT molecular complexity index is 794. The van der Waals surface area contributed by atoms with Gasteiger partial charge < -0.3 is 15.1 Å². The summed E-state index contributed by atoms with van der Waals surface area (Å²) >= 11 is 0. The smallest absolute Gasteiger partial charge is 0.243 e. The molecule has 1 aliphatic heterocycles. The minimum atomic E-state index is 0.00503. The van der Waals surface area contributed by atoms with Crippen molar-refractivity contribution in [1.82, 2.24) is 0 Å². The fourth-order valence-electron chi connectivity index (χ4n) is 3.60. The first kappa shape index (κ1) is 18.3. The monoisotopic (exact) mass is 351 g/mol. The van der Waals surface area contributed by atoms with Crippen LogP contribution in [0.15, 0.2) is 36.4 Å². The molecule has 2 aromatic rings. The number of hydrogen-bond acceptors (Lipinski definition) is 3. The highest BCUT2D eigenvalue weighted by Crippen LogP contribution is 2.26. The number of likely N-dealkylation sites (N-methyl/N-ethyl adjacent to an activating group) is 1. The van der Waals surface area contributed by atoms with Gasteiger partial charge in [0.2, 0.25) is 5.91 Å². The summed E-state index contributed by atoms with van der Waals surface area (Å²) in [6.07, 6.45) is 2.53.